The molecule has 0 aliphatic carbocycles. The molecular formula is C9H8Cl2F3NO. The van der Waals surface area contributed by atoms with Gasteiger partial charge < -0.3 is 10.8 Å². The number of alkyl halides is 3. The fourth-order valence-electron chi connectivity index (χ4n) is 1.15. The van der Waals surface area contributed by atoms with Gasteiger partial charge in [0.1, 0.15) is 0 Å². The number of benzene rings is 1. The Morgan fingerprint density at radius 1 is 1.12 bits per heavy atom. The Kier molecular flexibility index (Phi) is 4.07. The first-order chi connectivity index (χ1) is 7.21. The molecule has 2 nitrogen and oxygen atoms in total. The van der Waals surface area contributed by atoms with Crippen LogP contribution in [0.25, 0.3) is 0 Å². The molecular weight excluding hydrogens is 266 g/mol. The molecule has 0 unspecified atom stereocenters. The average molecular weight is 274 g/mol. The van der Waals surface area contributed by atoms with Gasteiger partial charge in [-0.3, -0.25) is 0 Å². The van der Waals surface area contributed by atoms with Gasteiger partial charge in [-0.1, -0.05) is 23.2 Å². The monoisotopic (exact) mass is 273 g/mol. The van der Waals surface area contributed by atoms with Crippen molar-refractivity contribution in [1.29, 1.82) is 0 Å². The summed E-state index contributed by atoms with van der Waals surface area (Å²) in [6.07, 6.45) is -7.43. The minimum Gasteiger partial charge on any atom is -0.382 e. The first-order valence-electron chi connectivity index (χ1n) is 4.18. The lowest BCUT2D eigenvalue weighted by atomic mass is 10.0. The molecule has 7 heteroatoms. The molecule has 0 spiro atoms. The van der Waals surface area contributed by atoms with E-state index in [0.717, 1.165) is 0 Å². The van der Waals surface area contributed by atoms with E-state index in [9.17, 15) is 13.2 Å². The number of halogens is 5. The van der Waals surface area contributed by atoms with Crippen LogP contribution >= 0.6 is 23.2 Å². The van der Waals surface area contributed by atoms with E-state index >= 15 is 0 Å². The van der Waals surface area contributed by atoms with Gasteiger partial charge in [0.15, 0.2) is 6.10 Å². The van der Waals surface area contributed by atoms with E-state index < -0.39 is 18.3 Å². The van der Waals surface area contributed by atoms with Crippen molar-refractivity contribution >= 4 is 23.2 Å². The second-order valence-electron chi connectivity index (χ2n) is 3.22. The number of hydrogen-bond donors (Lipinski definition) is 2. The summed E-state index contributed by atoms with van der Waals surface area (Å²) < 4.78 is 36.6. The van der Waals surface area contributed by atoms with Crippen LogP contribution in [0.15, 0.2) is 18.2 Å². The second kappa shape index (κ2) is 4.79. The third-order valence-electron chi connectivity index (χ3n) is 1.95. The van der Waals surface area contributed by atoms with Crippen LogP contribution in [-0.4, -0.2) is 17.4 Å². The summed E-state index contributed by atoms with van der Waals surface area (Å²) >= 11 is 11.2. The minimum absolute atomic E-state index is 0.0299. The maximum absolute atomic E-state index is 12.2. The summed E-state index contributed by atoms with van der Waals surface area (Å²) in [6.45, 7) is 0. The van der Waals surface area contributed by atoms with Crippen LogP contribution in [0.5, 0.6) is 0 Å². The van der Waals surface area contributed by atoms with Crippen LogP contribution in [-0.2, 0) is 0 Å². The van der Waals surface area contributed by atoms with Gasteiger partial charge >= 0.3 is 6.18 Å². The van der Waals surface area contributed by atoms with Gasteiger partial charge in [-0.15, -0.1) is 0 Å². The van der Waals surface area contributed by atoms with E-state index in [1.54, 1.807) is 0 Å². The molecule has 1 aromatic rings. The molecule has 0 aliphatic rings. The number of nitrogens with two attached hydrogens (primary N) is 1. The van der Waals surface area contributed by atoms with E-state index in [-0.39, 0.29) is 15.6 Å². The third kappa shape index (κ3) is 3.25. The molecule has 0 saturated carbocycles. The van der Waals surface area contributed by atoms with Gasteiger partial charge in [0.2, 0.25) is 0 Å². The first kappa shape index (κ1) is 13.6. The normalized spacial score (nSPS) is 15.9. The average Bonchev–Trinajstić information content (AvgIpc) is 2.12. The topological polar surface area (TPSA) is 46.2 Å². The highest BCUT2D eigenvalue weighted by Gasteiger charge is 2.42. The van der Waals surface area contributed by atoms with Crippen molar-refractivity contribution in [3.63, 3.8) is 0 Å². The zero-order valence-corrected chi connectivity index (χ0v) is 9.31. The molecule has 0 aliphatic heterocycles. The summed E-state index contributed by atoms with van der Waals surface area (Å²) in [4.78, 5) is 0. The lowest BCUT2D eigenvalue weighted by Gasteiger charge is -2.21. The van der Waals surface area contributed by atoms with E-state index in [1.807, 2.05) is 0 Å². The Labute approximate surface area is 99.8 Å². The van der Waals surface area contributed by atoms with Crippen molar-refractivity contribution in [2.24, 2.45) is 5.73 Å². The molecule has 1 rings (SSSR count). The molecule has 90 valence electrons. The zero-order valence-electron chi connectivity index (χ0n) is 7.80. The lowest BCUT2D eigenvalue weighted by molar-refractivity contribution is -0.210. The molecule has 0 amide bonds. The van der Waals surface area contributed by atoms with Gasteiger partial charge in [-0.25, -0.2) is 0 Å². The van der Waals surface area contributed by atoms with Crippen molar-refractivity contribution in [1.82, 2.24) is 0 Å². The first-order valence-corrected chi connectivity index (χ1v) is 4.94. The maximum Gasteiger partial charge on any atom is 0.416 e. The lowest BCUT2D eigenvalue weighted by Crippen LogP contribution is -2.38. The van der Waals surface area contributed by atoms with Gasteiger partial charge in [-0.2, -0.15) is 13.2 Å². The Hall–Kier alpha value is -0.490. The van der Waals surface area contributed by atoms with Crippen molar-refractivity contribution < 1.29 is 18.3 Å². The summed E-state index contributed by atoms with van der Waals surface area (Å²) in [5.74, 6) is 0. The van der Waals surface area contributed by atoms with Crippen LogP contribution in [0, 0.1) is 0 Å². The molecule has 0 saturated heterocycles. The third-order valence-corrected chi connectivity index (χ3v) is 2.38. The van der Waals surface area contributed by atoms with Gasteiger partial charge in [0, 0.05) is 10.0 Å². The highest BCUT2D eigenvalue weighted by molar-refractivity contribution is 6.34. The quantitative estimate of drug-likeness (QED) is 0.871. The Morgan fingerprint density at radius 2 is 1.56 bits per heavy atom. The maximum atomic E-state index is 12.2. The van der Waals surface area contributed by atoms with Gasteiger partial charge in [0.05, 0.1) is 6.04 Å². The molecule has 0 radical (unpaired) electrons. The fraction of sp³-hybridized carbons (Fsp3) is 0.333. The molecule has 3 N–H and O–H groups in total. The van der Waals surface area contributed by atoms with E-state index in [2.05, 4.69) is 0 Å². The van der Waals surface area contributed by atoms with Gasteiger partial charge in [-0.05, 0) is 23.8 Å². The number of hydrogen-bond acceptors (Lipinski definition) is 2. The van der Waals surface area contributed by atoms with Crippen LogP contribution in [0.3, 0.4) is 0 Å². The molecule has 0 aromatic heterocycles. The van der Waals surface area contributed by atoms with Crippen molar-refractivity contribution in [3.8, 4) is 0 Å². The molecule has 16 heavy (non-hydrogen) atoms. The minimum atomic E-state index is -4.78. The van der Waals surface area contributed by atoms with Crippen molar-refractivity contribution in [3.05, 3.63) is 33.8 Å². The summed E-state index contributed by atoms with van der Waals surface area (Å²) in [5.41, 5.74) is 5.31. The molecule has 0 heterocycles. The predicted molar refractivity (Wildman–Crippen MR) is 55.5 cm³/mol. The van der Waals surface area contributed by atoms with Crippen LogP contribution in [0.4, 0.5) is 13.2 Å². The molecule has 1 aromatic carbocycles. The Balaban J connectivity index is 3.00. The summed E-state index contributed by atoms with van der Waals surface area (Å²) in [6, 6.07) is 2.20. The van der Waals surface area contributed by atoms with Crippen molar-refractivity contribution in [2.45, 2.75) is 18.3 Å². The second-order valence-corrected chi connectivity index (χ2v) is 4.09. The smallest absolute Gasteiger partial charge is 0.382 e. The van der Waals surface area contributed by atoms with Crippen molar-refractivity contribution in [2.75, 3.05) is 0 Å². The highest BCUT2D eigenvalue weighted by atomic mass is 35.5. The fourth-order valence-corrected chi connectivity index (χ4v) is 1.70. The number of rotatable bonds is 2. The SMILES string of the molecule is N[C@H](c1cc(Cl)cc(Cl)c1)[C@@H](O)C(F)(F)F. The number of aliphatic hydroxyl groups excluding tert-OH is 1. The highest BCUT2D eigenvalue weighted by Crippen LogP contribution is 2.31. The zero-order chi connectivity index (χ0) is 12.5. The molecule has 2 atom stereocenters. The van der Waals surface area contributed by atoms with E-state index in [4.69, 9.17) is 34.0 Å². The van der Waals surface area contributed by atoms with Gasteiger partial charge in [0.25, 0.3) is 0 Å². The standard InChI is InChI=1S/C9H8Cl2F3NO/c10-5-1-4(2-6(11)3-5)7(15)8(16)9(12,13)14/h1-3,7-8,16H,15H2/t7-,8-/m1/s1. The van der Waals surface area contributed by atoms with Crippen LogP contribution in [0.2, 0.25) is 10.0 Å². The van der Waals surface area contributed by atoms with E-state index in [0.29, 0.717) is 0 Å². The van der Waals surface area contributed by atoms with E-state index in [1.165, 1.54) is 18.2 Å². The molecule has 0 fully saturated rings. The summed E-state index contributed by atoms with van der Waals surface area (Å²) in [5, 5.41) is 9.27. The van der Waals surface area contributed by atoms with Crippen LogP contribution in [0.1, 0.15) is 11.6 Å². The summed E-state index contributed by atoms with van der Waals surface area (Å²) in [7, 11) is 0. The predicted octanol–water partition coefficient (Wildman–Crippen LogP) is 2.92. The van der Waals surface area contributed by atoms with Crippen LogP contribution < -0.4 is 5.73 Å². The number of aliphatic hydroxyl groups is 1. The Bertz CT molecular complexity index is 363. The Morgan fingerprint density at radius 3 is 1.94 bits per heavy atom. The molecule has 0 bridgehead atoms. The largest absolute Gasteiger partial charge is 0.416 e.